The Morgan fingerprint density at radius 3 is 2.33 bits per heavy atom. The Morgan fingerprint density at radius 2 is 1.62 bits per heavy atom. The molecule has 0 fully saturated rings. The van der Waals surface area contributed by atoms with Crippen LogP contribution in [0.15, 0.2) is 60.8 Å². The van der Waals surface area contributed by atoms with Crippen molar-refractivity contribution in [1.82, 2.24) is 9.97 Å². The largest absolute Gasteiger partial charge is 0.322 e. The molecule has 2 N–H and O–H groups in total. The number of hydrogen-bond acceptors (Lipinski definition) is 4. The molecule has 0 radical (unpaired) electrons. The van der Waals surface area contributed by atoms with E-state index in [0.29, 0.717) is 21.4 Å². The van der Waals surface area contributed by atoms with Gasteiger partial charge in [-0.05, 0) is 30.3 Å². The smallest absolute Gasteiger partial charge is 0.274 e. The molecule has 0 saturated heterocycles. The van der Waals surface area contributed by atoms with Gasteiger partial charge in [-0.25, -0.2) is 9.97 Å². The van der Waals surface area contributed by atoms with Crippen molar-refractivity contribution in [3.63, 3.8) is 0 Å². The number of halogens is 2. The zero-order valence-electron chi connectivity index (χ0n) is 12.3. The Kier molecular flexibility index (Phi) is 4.93. The van der Waals surface area contributed by atoms with Crippen LogP contribution in [0, 0.1) is 0 Å². The molecule has 0 atom stereocenters. The van der Waals surface area contributed by atoms with Gasteiger partial charge in [-0.3, -0.25) is 4.79 Å². The number of carbonyl (C=O) groups is 1. The fraction of sp³-hybridized carbons (Fsp3) is 0. The highest BCUT2D eigenvalue weighted by atomic mass is 35.5. The molecule has 0 aliphatic carbocycles. The van der Waals surface area contributed by atoms with Crippen molar-refractivity contribution in [3.8, 4) is 0 Å². The van der Waals surface area contributed by atoms with Crippen molar-refractivity contribution in [2.45, 2.75) is 0 Å². The van der Waals surface area contributed by atoms with Gasteiger partial charge >= 0.3 is 0 Å². The molecular weight excluding hydrogens is 347 g/mol. The first-order chi connectivity index (χ1) is 11.6. The van der Waals surface area contributed by atoms with E-state index < -0.39 is 0 Å². The molecule has 7 heteroatoms. The lowest BCUT2D eigenvalue weighted by Gasteiger charge is -2.10. The summed E-state index contributed by atoms with van der Waals surface area (Å²) in [6, 6.07) is 15.8. The maximum absolute atomic E-state index is 12.3. The summed E-state index contributed by atoms with van der Waals surface area (Å²) in [5.41, 5.74) is 1.39. The van der Waals surface area contributed by atoms with Crippen LogP contribution in [-0.2, 0) is 0 Å². The molecule has 5 nitrogen and oxygen atoms in total. The summed E-state index contributed by atoms with van der Waals surface area (Å²) in [6.07, 6.45) is 1.49. The number of nitrogens with zero attached hydrogens (tertiary/aromatic N) is 2. The monoisotopic (exact) mass is 358 g/mol. The molecule has 1 aromatic heterocycles. The second kappa shape index (κ2) is 7.29. The minimum atomic E-state index is -0.336. The summed E-state index contributed by atoms with van der Waals surface area (Å²) in [5, 5.41) is 6.57. The van der Waals surface area contributed by atoms with Crippen molar-refractivity contribution < 1.29 is 4.79 Å². The number of para-hydroxylation sites is 2. The molecule has 3 rings (SSSR count). The predicted molar refractivity (Wildman–Crippen MR) is 96.2 cm³/mol. The molecule has 0 bridgehead atoms. The topological polar surface area (TPSA) is 66.9 Å². The van der Waals surface area contributed by atoms with Gasteiger partial charge in [-0.15, -0.1) is 0 Å². The Balaban J connectivity index is 1.80. The second-order valence-corrected chi connectivity index (χ2v) is 5.62. The third-order valence-corrected chi connectivity index (χ3v) is 3.75. The summed E-state index contributed by atoms with van der Waals surface area (Å²) >= 11 is 12.2. The SMILES string of the molecule is O=C(Nc1ccccc1)c1ccnc(Nc2c(Cl)cccc2Cl)n1. The van der Waals surface area contributed by atoms with Crippen LogP contribution in [0.5, 0.6) is 0 Å². The van der Waals surface area contributed by atoms with E-state index in [9.17, 15) is 4.79 Å². The van der Waals surface area contributed by atoms with Gasteiger partial charge in [0.05, 0.1) is 15.7 Å². The van der Waals surface area contributed by atoms with E-state index in [-0.39, 0.29) is 17.5 Å². The minimum absolute atomic E-state index is 0.222. The second-order valence-electron chi connectivity index (χ2n) is 4.81. The number of benzene rings is 2. The fourth-order valence-corrected chi connectivity index (χ4v) is 2.48. The molecule has 120 valence electrons. The van der Waals surface area contributed by atoms with Gasteiger partial charge in [0.25, 0.3) is 5.91 Å². The van der Waals surface area contributed by atoms with E-state index >= 15 is 0 Å². The van der Waals surface area contributed by atoms with Crippen molar-refractivity contribution in [2.24, 2.45) is 0 Å². The van der Waals surface area contributed by atoms with Crippen LogP contribution in [-0.4, -0.2) is 15.9 Å². The highest BCUT2D eigenvalue weighted by Crippen LogP contribution is 2.31. The lowest BCUT2D eigenvalue weighted by Crippen LogP contribution is -2.14. The number of amides is 1. The number of anilines is 3. The van der Waals surface area contributed by atoms with Gasteiger partial charge in [0.2, 0.25) is 5.95 Å². The highest BCUT2D eigenvalue weighted by Gasteiger charge is 2.11. The van der Waals surface area contributed by atoms with Gasteiger partial charge in [0, 0.05) is 11.9 Å². The lowest BCUT2D eigenvalue weighted by molar-refractivity contribution is 0.102. The maximum Gasteiger partial charge on any atom is 0.274 e. The first-order valence-electron chi connectivity index (χ1n) is 7.04. The normalized spacial score (nSPS) is 10.2. The molecule has 3 aromatic rings. The summed E-state index contributed by atoms with van der Waals surface area (Å²) in [7, 11) is 0. The molecule has 0 spiro atoms. The summed E-state index contributed by atoms with van der Waals surface area (Å²) in [4.78, 5) is 20.6. The van der Waals surface area contributed by atoms with E-state index in [1.54, 1.807) is 30.3 Å². The fourth-order valence-electron chi connectivity index (χ4n) is 1.99. The van der Waals surface area contributed by atoms with Crippen LogP contribution in [0.1, 0.15) is 10.5 Å². The first-order valence-corrected chi connectivity index (χ1v) is 7.79. The van der Waals surface area contributed by atoms with Gasteiger partial charge in [0.15, 0.2) is 0 Å². The number of hydrogen-bond donors (Lipinski definition) is 2. The predicted octanol–water partition coefficient (Wildman–Crippen LogP) is 4.78. The Bertz CT molecular complexity index is 851. The van der Waals surface area contributed by atoms with Gasteiger partial charge in [-0.1, -0.05) is 47.5 Å². The quantitative estimate of drug-likeness (QED) is 0.704. The van der Waals surface area contributed by atoms with Crippen molar-refractivity contribution in [2.75, 3.05) is 10.6 Å². The van der Waals surface area contributed by atoms with Crippen LogP contribution < -0.4 is 10.6 Å². The van der Waals surface area contributed by atoms with Gasteiger partial charge < -0.3 is 10.6 Å². The average Bonchev–Trinajstić information content (AvgIpc) is 2.59. The standard InChI is InChI=1S/C17H12Cl2N4O/c18-12-7-4-8-13(19)15(12)23-17-20-10-9-14(22-17)16(24)21-11-5-2-1-3-6-11/h1-10H,(H,21,24)(H,20,22,23). The summed E-state index contributed by atoms with van der Waals surface area (Å²) in [6.45, 7) is 0. The van der Waals surface area contributed by atoms with E-state index in [2.05, 4.69) is 20.6 Å². The van der Waals surface area contributed by atoms with Crippen molar-refractivity contribution >= 4 is 46.4 Å². The summed E-state index contributed by atoms with van der Waals surface area (Å²) < 4.78 is 0. The minimum Gasteiger partial charge on any atom is -0.322 e. The number of carbonyl (C=O) groups excluding carboxylic acids is 1. The number of aromatic nitrogens is 2. The van der Waals surface area contributed by atoms with Crippen molar-refractivity contribution in [1.29, 1.82) is 0 Å². The molecule has 0 aliphatic rings. The zero-order chi connectivity index (χ0) is 16.9. The first kappa shape index (κ1) is 16.2. The Morgan fingerprint density at radius 1 is 0.917 bits per heavy atom. The Hall–Kier alpha value is -2.63. The van der Waals surface area contributed by atoms with Crippen LogP contribution in [0.2, 0.25) is 10.0 Å². The molecular formula is C17H12Cl2N4O. The van der Waals surface area contributed by atoms with E-state index in [1.165, 1.54) is 12.3 Å². The van der Waals surface area contributed by atoms with Crippen LogP contribution in [0.4, 0.5) is 17.3 Å². The molecule has 1 amide bonds. The number of rotatable bonds is 4. The maximum atomic E-state index is 12.3. The van der Waals surface area contributed by atoms with E-state index in [1.807, 2.05) is 18.2 Å². The van der Waals surface area contributed by atoms with Crippen LogP contribution in [0.3, 0.4) is 0 Å². The molecule has 0 saturated carbocycles. The van der Waals surface area contributed by atoms with Crippen LogP contribution >= 0.6 is 23.2 Å². The van der Waals surface area contributed by atoms with Crippen molar-refractivity contribution in [3.05, 3.63) is 76.5 Å². The van der Waals surface area contributed by atoms with E-state index in [0.717, 1.165) is 0 Å². The van der Waals surface area contributed by atoms with Crippen LogP contribution in [0.25, 0.3) is 0 Å². The molecule has 24 heavy (non-hydrogen) atoms. The van der Waals surface area contributed by atoms with Gasteiger partial charge in [0.1, 0.15) is 5.69 Å². The molecule has 0 aliphatic heterocycles. The third kappa shape index (κ3) is 3.82. The Labute approximate surface area is 148 Å². The number of nitrogens with one attached hydrogen (secondary N) is 2. The third-order valence-electron chi connectivity index (χ3n) is 3.12. The average molecular weight is 359 g/mol. The molecule has 1 heterocycles. The zero-order valence-corrected chi connectivity index (χ0v) is 13.8. The molecule has 0 unspecified atom stereocenters. The summed E-state index contributed by atoms with van der Waals surface area (Å²) in [5.74, 6) is -0.109. The lowest BCUT2D eigenvalue weighted by atomic mass is 10.3. The van der Waals surface area contributed by atoms with E-state index in [4.69, 9.17) is 23.2 Å². The highest BCUT2D eigenvalue weighted by molar-refractivity contribution is 6.39. The van der Waals surface area contributed by atoms with Gasteiger partial charge in [-0.2, -0.15) is 0 Å². The molecule has 2 aromatic carbocycles.